The summed E-state index contributed by atoms with van der Waals surface area (Å²) < 4.78 is 39.9. The van der Waals surface area contributed by atoms with Crippen LogP contribution in [0.25, 0.3) is 0 Å². The molecule has 1 aromatic heterocycles. The Balaban J connectivity index is 3.14. The van der Waals surface area contributed by atoms with Crippen molar-refractivity contribution in [1.29, 1.82) is 0 Å². The smallest absolute Gasteiger partial charge is 0.352 e. The zero-order valence-corrected chi connectivity index (χ0v) is 12.8. The molecule has 0 aromatic carbocycles. The number of nitrogens with zero attached hydrogens (tertiary/aromatic N) is 1. The normalized spacial score (nSPS) is 11.5. The Bertz CT molecular complexity index is 565. The fraction of sp³-hybridized carbons (Fsp3) is 0.600. The standard InChI is InChI=1S/C15H21F3N2O2/c1-3-5-7-19-14(22)11-10-20(8-6-4-2)13(9-12(11)21)15(16,17)18/h9-10H,3-8H2,1-2H3,(H,19,22). The molecule has 0 saturated heterocycles. The lowest BCUT2D eigenvalue weighted by atomic mass is 10.2. The highest BCUT2D eigenvalue weighted by Gasteiger charge is 2.34. The first kappa shape index (κ1) is 18.3. The first-order chi connectivity index (χ1) is 10.3. The molecule has 0 radical (unpaired) electrons. The zero-order valence-electron chi connectivity index (χ0n) is 12.8. The Morgan fingerprint density at radius 1 is 1.23 bits per heavy atom. The average Bonchev–Trinajstić information content (AvgIpc) is 2.44. The van der Waals surface area contributed by atoms with Crippen molar-refractivity contribution in [2.24, 2.45) is 0 Å². The predicted molar refractivity (Wildman–Crippen MR) is 77.9 cm³/mol. The van der Waals surface area contributed by atoms with Crippen molar-refractivity contribution in [2.75, 3.05) is 6.54 Å². The van der Waals surface area contributed by atoms with E-state index < -0.39 is 23.2 Å². The van der Waals surface area contributed by atoms with Crippen molar-refractivity contribution in [3.8, 4) is 0 Å². The molecule has 1 amide bonds. The van der Waals surface area contributed by atoms with E-state index in [2.05, 4.69) is 5.32 Å². The number of unbranched alkanes of at least 4 members (excludes halogenated alkanes) is 2. The lowest BCUT2D eigenvalue weighted by Crippen LogP contribution is -2.32. The molecule has 1 heterocycles. The molecule has 7 heteroatoms. The van der Waals surface area contributed by atoms with Gasteiger partial charge < -0.3 is 9.88 Å². The van der Waals surface area contributed by atoms with Crippen LogP contribution in [0.5, 0.6) is 0 Å². The van der Waals surface area contributed by atoms with Gasteiger partial charge in [-0.2, -0.15) is 13.2 Å². The Morgan fingerprint density at radius 2 is 1.86 bits per heavy atom. The highest BCUT2D eigenvalue weighted by molar-refractivity contribution is 5.93. The third kappa shape index (κ3) is 4.89. The first-order valence-corrected chi connectivity index (χ1v) is 7.41. The molecular formula is C15H21F3N2O2. The van der Waals surface area contributed by atoms with E-state index in [0.29, 0.717) is 25.5 Å². The fourth-order valence-corrected chi connectivity index (χ4v) is 1.98. The topological polar surface area (TPSA) is 51.1 Å². The molecule has 1 rings (SSSR count). The lowest BCUT2D eigenvalue weighted by molar-refractivity contribution is -0.144. The van der Waals surface area contributed by atoms with Gasteiger partial charge in [-0.1, -0.05) is 26.7 Å². The van der Waals surface area contributed by atoms with E-state index in [-0.39, 0.29) is 12.1 Å². The van der Waals surface area contributed by atoms with Crippen molar-refractivity contribution in [2.45, 2.75) is 52.3 Å². The highest BCUT2D eigenvalue weighted by Crippen LogP contribution is 2.28. The fourth-order valence-electron chi connectivity index (χ4n) is 1.98. The number of carbonyl (C=O) groups excluding carboxylic acids is 1. The van der Waals surface area contributed by atoms with Crippen LogP contribution in [0.4, 0.5) is 13.2 Å². The molecule has 124 valence electrons. The van der Waals surface area contributed by atoms with E-state index in [4.69, 9.17) is 0 Å². The second-order valence-electron chi connectivity index (χ2n) is 5.09. The second-order valence-corrected chi connectivity index (χ2v) is 5.09. The highest BCUT2D eigenvalue weighted by atomic mass is 19.4. The van der Waals surface area contributed by atoms with Gasteiger partial charge in [0.1, 0.15) is 11.3 Å². The van der Waals surface area contributed by atoms with Crippen LogP contribution in [0.3, 0.4) is 0 Å². The number of hydrogen-bond donors (Lipinski definition) is 1. The second kappa shape index (κ2) is 8.00. The van der Waals surface area contributed by atoms with E-state index in [1.165, 1.54) is 0 Å². The monoisotopic (exact) mass is 318 g/mol. The minimum Gasteiger partial charge on any atom is -0.352 e. The minimum absolute atomic E-state index is 0.112. The Labute approximate surface area is 127 Å². The van der Waals surface area contributed by atoms with E-state index in [1.54, 1.807) is 0 Å². The molecule has 0 bridgehead atoms. The number of hydrogen-bond acceptors (Lipinski definition) is 2. The van der Waals surface area contributed by atoms with Gasteiger partial charge in [0.15, 0.2) is 5.43 Å². The third-order valence-electron chi connectivity index (χ3n) is 3.23. The van der Waals surface area contributed by atoms with Gasteiger partial charge >= 0.3 is 6.18 Å². The van der Waals surface area contributed by atoms with Crippen molar-refractivity contribution in [3.05, 3.63) is 33.7 Å². The zero-order chi connectivity index (χ0) is 16.8. The number of nitrogens with one attached hydrogen (secondary N) is 1. The summed E-state index contributed by atoms with van der Waals surface area (Å²) in [7, 11) is 0. The van der Waals surface area contributed by atoms with Crippen molar-refractivity contribution >= 4 is 5.91 Å². The number of rotatable bonds is 7. The summed E-state index contributed by atoms with van der Waals surface area (Å²) in [5, 5.41) is 2.55. The van der Waals surface area contributed by atoms with Gasteiger partial charge in [0.25, 0.3) is 5.91 Å². The Morgan fingerprint density at radius 3 is 2.41 bits per heavy atom. The SMILES string of the molecule is CCCCNC(=O)c1cn(CCCC)c(C(F)(F)F)cc1=O. The molecular weight excluding hydrogens is 297 g/mol. The summed E-state index contributed by atoms with van der Waals surface area (Å²) >= 11 is 0. The van der Waals surface area contributed by atoms with Gasteiger partial charge in [0.2, 0.25) is 0 Å². The van der Waals surface area contributed by atoms with Gasteiger partial charge in [-0.25, -0.2) is 0 Å². The van der Waals surface area contributed by atoms with Gasteiger partial charge in [0, 0.05) is 25.4 Å². The summed E-state index contributed by atoms with van der Waals surface area (Å²) in [4.78, 5) is 23.7. The molecule has 1 aromatic rings. The van der Waals surface area contributed by atoms with Crippen LogP contribution < -0.4 is 10.7 Å². The summed E-state index contributed by atoms with van der Waals surface area (Å²) in [6, 6.07) is 0.504. The molecule has 0 unspecified atom stereocenters. The predicted octanol–water partition coefficient (Wildman–Crippen LogP) is 3.20. The van der Waals surface area contributed by atoms with Crippen LogP contribution in [0.2, 0.25) is 0 Å². The van der Waals surface area contributed by atoms with Gasteiger partial charge in [-0.05, 0) is 12.8 Å². The number of halogens is 3. The molecule has 22 heavy (non-hydrogen) atoms. The van der Waals surface area contributed by atoms with E-state index in [9.17, 15) is 22.8 Å². The summed E-state index contributed by atoms with van der Waals surface area (Å²) in [5.74, 6) is -0.627. The van der Waals surface area contributed by atoms with E-state index >= 15 is 0 Å². The number of aryl methyl sites for hydroxylation is 1. The van der Waals surface area contributed by atoms with Crippen LogP contribution in [-0.2, 0) is 12.7 Å². The molecule has 1 N–H and O–H groups in total. The van der Waals surface area contributed by atoms with Crippen molar-refractivity contribution in [3.63, 3.8) is 0 Å². The van der Waals surface area contributed by atoms with Crippen LogP contribution in [0.1, 0.15) is 55.6 Å². The maximum atomic E-state index is 13.0. The molecule has 0 aliphatic heterocycles. The molecule has 0 aliphatic carbocycles. The van der Waals surface area contributed by atoms with E-state index in [1.807, 2.05) is 13.8 Å². The first-order valence-electron chi connectivity index (χ1n) is 7.41. The summed E-state index contributed by atoms with van der Waals surface area (Å²) in [5.41, 5.74) is -2.18. The van der Waals surface area contributed by atoms with Gasteiger partial charge in [-0.3, -0.25) is 9.59 Å². The lowest BCUT2D eigenvalue weighted by Gasteiger charge is -2.17. The van der Waals surface area contributed by atoms with Crippen LogP contribution >= 0.6 is 0 Å². The number of pyridine rings is 1. The summed E-state index contributed by atoms with van der Waals surface area (Å²) in [6.07, 6.45) is -0.749. The summed E-state index contributed by atoms with van der Waals surface area (Å²) in [6.45, 7) is 4.31. The Hall–Kier alpha value is -1.79. The van der Waals surface area contributed by atoms with Crippen LogP contribution in [0, 0.1) is 0 Å². The quantitative estimate of drug-likeness (QED) is 0.785. The number of aromatic nitrogens is 1. The average molecular weight is 318 g/mol. The molecule has 0 atom stereocenters. The van der Waals surface area contributed by atoms with Crippen molar-refractivity contribution < 1.29 is 18.0 Å². The number of alkyl halides is 3. The van der Waals surface area contributed by atoms with Gasteiger partial charge in [0.05, 0.1) is 0 Å². The number of amides is 1. The molecule has 0 saturated carbocycles. The molecule has 4 nitrogen and oxygen atoms in total. The minimum atomic E-state index is -4.62. The Kier molecular flexibility index (Phi) is 6.64. The molecule has 0 spiro atoms. The number of carbonyl (C=O) groups is 1. The van der Waals surface area contributed by atoms with Gasteiger partial charge in [-0.15, -0.1) is 0 Å². The maximum Gasteiger partial charge on any atom is 0.431 e. The molecule has 0 fully saturated rings. The molecule has 0 aliphatic rings. The largest absolute Gasteiger partial charge is 0.431 e. The third-order valence-corrected chi connectivity index (χ3v) is 3.23. The maximum absolute atomic E-state index is 13.0. The van der Waals surface area contributed by atoms with E-state index in [0.717, 1.165) is 23.6 Å². The van der Waals surface area contributed by atoms with Crippen LogP contribution in [0.15, 0.2) is 17.1 Å². The van der Waals surface area contributed by atoms with Crippen LogP contribution in [-0.4, -0.2) is 17.0 Å². The van der Waals surface area contributed by atoms with Crippen molar-refractivity contribution in [1.82, 2.24) is 9.88 Å².